The fraction of sp³-hybridized carbons (Fsp3) is 0.400. The van der Waals surface area contributed by atoms with Crippen LogP contribution in [0.3, 0.4) is 0 Å². The molecule has 0 radical (unpaired) electrons. The van der Waals surface area contributed by atoms with E-state index in [0.29, 0.717) is 0 Å². The minimum Gasteiger partial charge on any atom is -0.388 e. The fourth-order valence-electron chi connectivity index (χ4n) is 1.15. The summed E-state index contributed by atoms with van der Waals surface area (Å²) in [5.41, 5.74) is 0.992. The first-order valence-electron chi connectivity index (χ1n) is 4.17. The van der Waals surface area contributed by atoms with Crippen LogP contribution in [-0.4, -0.2) is 5.11 Å². The van der Waals surface area contributed by atoms with E-state index in [1.54, 1.807) is 0 Å². The zero-order valence-electron chi connectivity index (χ0n) is 7.13. The van der Waals surface area contributed by atoms with Crippen LogP contribution in [0.4, 0.5) is 0 Å². The van der Waals surface area contributed by atoms with E-state index in [1.807, 2.05) is 24.3 Å². The van der Waals surface area contributed by atoms with E-state index in [4.69, 9.17) is 0 Å². The predicted octanol–water partition coefficient (Wildman–Crippen LogP) is 3.28. The lowest BCUT2D eigenvalue weighted by atomic mass is 10.1. The van der Waals surface area contributed by atoms with E-state index >= 15 is 0 Å². The molecule has 1 N–H and O–H groups in total. The molecule has 0 unspecified atom stereocenters. The Balaban J connectivity index is 2.73. The zero-order chi connectivity index (χ0) is 8.97. The van der Waals surface area contributed by atoms with Crippen LogP contribution < -0.4 is 0 Å². The lowest BCUT2D eigenvalue weighted by molar-refractivity contribution is 0.166. The van der Waals surface area contributed by atoms with E-state index in [-0.39, 0.29) is 6.10 Å². The molecule has 66 valence electrons. The summed E-state index contributed by atoms with van der Waals surface area (Å²) in [5, 5.41) is 9.62. The predicted molar refractivity (Wildman–Crippen MR) is 54.0 cm³/mol. The minimum absolute atomic E-state index is 0.313. The Morgan fingerprint density at radius 2 is 2.25 bits per heavy atom. The number of halogens is 1. The molecule has 0 heterocycles. The monoisotopic (exact) mass is 228 g/mol. The van der Waals surface area contributed by atoms with Crippen molar-refractivity contribution in [3.05, 3.63) is 34.3 Å². The first-order valence-corrected chi connectivity index (χ1v) is 4.97. The third-order valence-corrected chi connectivity index (χ3v) is 2.29. The maximum atomic E-state index is 9.62. The molecule has 1 aromatic rings. The first kappa shape index (κ1) is 9.75. The molecule has 1 atom stereocenters. The third kappa shape index (κ3) is 2.61. The van der Waals surface area contributed by atoms with Crippen LogP contribution in [0.5, 0.6) is 0 Å². The summed E-state index contributed by atoms with van der Waals surface area (Å²) in [7, 11) is 0. The van der Waals surface area contributed by atoms with Gasteiger partial charge in [0.15, 0.2) is 0 Å². The Labute approximate surface area is 81.6 Å². The van der Waals surface area contributed by atoms with Crippen molar-refractivity contribution in [2.24, 2.45) is 0 Å². The highest BCUT2D eigenvalue weighted by molar-refractivity contribution is 9.10. The fourth-order valence-corrected chi connectivity index (χ4v) is 1.57. The van der Waals surface area contributed by atoms with E-state index < -0.39 is 0 Å². The van der Waals surface area contributed by atoms with Gasteiger partial charge in [-0.3, -0.25) is 0 Å². The lowest BCUT2D eigenvalue weighted by Crippen LogP contribution is -1.95. The van der Waals surface area contributed by atoms with E-state index in [1.165, 1.54) is 0 Å². The number of rotatable bonds is 3. The van der Waals surface area contributed by atoms with Crippen molar-refractivity contribution < 1.29 is 5.11 Å². The van der Waals surface area contributed by atoms with Crippen molar-refractivity contribution in [3.8, 4) is 0 Å². The highest BCUT2D eigenvalue weighted by Crippen LogP contribution is 2.21. The topological polar surface area (TPSA) is 20.2 Å². The number of hydrogen-bond donors (Lipinski definition) is 1. The SMILES string of the molecule is CCC[C@H](O)c1cccc(Br)c1. The summed E-state index contributed by atoms with van der Waals surface area (Å²) in [4.78, 5) is 0. The number of aliphatic hydroxyl groups is 1. The molecule has 0 aliphatic carbocycles. The normalized spacial score (nSPS) is 12.9. The summed E-state index contributed by atoms with van der Waals surface area (Å²) in [6, 6.07) is 7.81. The van der Waals surface area contributed by atoms with Gasteiger partial charge in [-0.1, -0.05) is 41.4 Å². The molecule has 0 bridgehead atoms. The summed E-state index contributed by atoms with van der Waals surface area (Å²) >= 11 is 3.37. The molecular formula is C10H13BrO. The minimum atomic E-state index is -0.313. The molecule has 1 aromatic carbocycles. The highest BCUT2D eigenvalue weighted by atomic mass is 79.9. The average molecular weight is 229 g/mol. The zero-order valence-corrected chi connectivity index (χ0v) is 8.71. The largest absolute Gasteiger partial charge is 0.388 e. The van der Waals surface area contributed by atoms with Gasteiger partial charge in [-0.25, -0.2) is 0 Å². The smallest absolute Gasteiger partial charge is 0.0790 e. The second-order valence-electron chi connectivity index (χ2n) is 2.86. The van der Waals surface area contributed by atoms with Crippen molar-refractivity contribution in [2.75, 3.05) is 0 Å². The molecule has 0 aliphatic rings. The molecule has 1 nitrogen and oxygen atoms in total. The van der Waals surface area contributed by atoms with Gasteiger partial charge in [-0.15, -0.1) is 0 Å². The Kier molecular flexibility index (Phi) is 3.76. The van der Waals surface area contributed by atoms with Crippen molar-refractivity contribution in [1.82, 2.24) is 0 Å². The van der Waals surface area contributed by atoms with E-state index in [2.05, 4.69) is 22.9 Å². The summed E-state index contributed by atoms with van der Waals surface area (Å²) < 4.78 is 1.02. The molecule has 12 heavy (non-hydrogen) atoms. The molecule has 0 saturated carbocycles. The van der Waals surface area contributed by atoms with Gasteiger partial charge in [0, 0.05) is 4.47 Å². The summed E-state index contributed by atoms with van der Waals surface area (Å²) in [6.07, 6.45) is 1.52. The van der Waals surface area contributed by atoms with Gasteiger partial charge >= 0.3 is 0 Å². The van der Waals surface area contributed by atoms with Gasteiger partial charge in [-0.05, 0) is 24.1 Å². The molecule has 0 saturated heterocycles. The third-order valence-electron chi connectivity index (χ3n) is 1.80. The van der Waals surface area contributed by atoms with Crippen molar-refractivity contribution in [3.63, 3.8) is 0 Å². The quantitative estimate of drug-likeness (QED) is 0.843. The molecule has 0 amide bonds. The standard InChI is InChI=1S/C10H13BrO/c1-2-4-10(12)8-5-3-6-9(11)7-8/h3,5-7,10,12H,2,4H2,1H3/t10-/m0/s1. The molecule has 2 heteroatoms. The second kappa shape index (κ2) is 4.63. The summed E-state index contributed by atoms with van der Waals surface area (Å²) in [6.45, 7) is 2.07. The van der Waals surface area contributed by atoms with Gasteiger partial charge < -0.3 is 5.11 Å². The van der Waals surface area contributed by atoms with Gasteiger partial charge in [-0.2, -0.15) is 0 Å². The Morgan fingerprint density at radius 1 is 1.50 bits per heavy atom. The van der Waals surface area contributed by atoms with Gasteiger partial charge in [0.1, 0.15) is 0 Å². The number of hydrogen-bond acceptors (Lipinski definition) is 1. The Bertz CT molecular complexity index is 247. The van der Waals surface area contributed by atoms with Gasteiger partial charge in [0.25, 0.3) is 0 Å². The van der Waals surface area contributed by atoms with E-state index in [0.717, 1.165) is 22.9 Å². The first-order chi connectivity index (χ1) is 5.74. The molecule has 0 fully saturated rings. The second-order valence-corrected chi connectivity index (χ2v) is 3.78. The Morgan fingerprint density at radius 3 is 2.83 bits per heavy atom. The van der Waals surface area contributed by atoms with Crippen molar-refractivity contribution in [1.29, 1.82) is 0 Å². The lowest BCUT2D eigenvalue weighted by Gasteiger charge is -2.09. The van der Waals surface area contributed by atoms with Crippen LogP contribution in [0.15, 0.2) is 28.7 Å². The highest BCUT2D eigenvalue weighted by Gasteiger charge is 2.05. The van der Waals surface area contributed by atoms with Crippen LogP contribution in [-0.2, 0) is 0 Å². The molecular weight excluding hydrogens is 216 g/mol. The van der Waals surface area contributed by atoms with Crippen LogP contribution in [0, 0.1) is 0 Å². The van der Waals surface area contributed by atoms with Crippen LogP contribution >= 0.6 is 15.9 Å². The maximum absolute atomic E-state index is 9.62. The molecule has 0 spiro atoms. The van der Waals surface area contributed by atoms with Crippen molar-refractivity contribution >= 4 is 15.9 Å². The average Bonchev–Trinajstić information content (AvgIpc) is 2.05. The van der Waals surface area contributed by atoms with Crippen LogP contribution in [0.25, 0.3) is 0 Å². The number of benzene rings is 1. The Hall–Kier alpha value is -0.340. The summed E-state index contributed by atoms with van der Waals surface area (Å²) in [5.74, 6) is 0. The molecule has 0 aliphatic heterocycles. The van der Waals surface area contributed by atoms with Crippen LogP contribution in [0.2, 0.25) is 0 Å². The van der Waals surface area contributed by atoms with Gasteiger partial charge in [0.2, 0.25) is 0 Å². The maximum Gasteiger partial charge on any atom is 0.0790 e. The molecule has 1 rings (SSSR count). The van der Waals surface area contributed by atoms with E-state index in [9.17, 15) is 5.11 Å². The van der Waals surface area contributed by atoms with Crippen LogP contribution in [0.1, 0.15) is 31.4 Å². The molecule has 0 aromatic heterocycles. The number of aliphatic hydroxyl groups excluding tert-OH is 1. The van der Waals surface area contributed by atoms with Gasteiger partial charge in [0.05, 0.1) is 6.10 Å². The van der Waals surface area contributed by atoms with Crippen molar-refractivity contribution in [2.45, 2.75) is 25.9 Å².